The van der Waals surface area contributed by atoms with E-state index in [1.807, 2.05) is 65.2 Å². The fourth-order valence-corrected chi connectivity index (χ4v) is 4.50. The summed E-state index contributed by atoms with van der Waals surface area (Å²) >= 11 is 1.59. The van der Waals surface area contributed by atoms with Gasteiger partial charge in [0, 0.05) is 17.0 Å². The van der Waals surface area contributed by atoms with Gasteiger partial charge in [0.15, 0.2) is 22.5 Å². The number of hydrogen-bond donors (Lipinski definition) is 0. The van der Waals surface area contributed by atoms with E-state index in [1.165, 1.54) is 0 Å². The second-order valence-corrected chi connectivity index (χ2v) is 8.33. The van der Waals surface area contributed by atoms with E-state index in [2.05, 4.69) is 10.2 Å². The summed E-state index contributed by atoms with van der Waals surface area (Å²) in [6.07, 6.45) is 0. The summed E-state index contributed by atoms with van der Waals surface area (Å²) in [6.45, 7) is 0. The van der Waals surface area contributed by atoms with Crippen molar-refractivity contribution < 1.29 is 23.7 Å². The van der Waals surface area contributed by atoms with Crippen LogP contribution in [-0.2, 0) is 5.75 Å². The fourth-order valence-electron chi connectivity index (χ4n) is 3.59. The standard InChI is InChI=1S/C26H27N3O5S/c1-30-20-10-6-17(7-11-20)16-35-26-28-27-25(29(26)19-8-12-21(31-2)13-9-19)18-14-22(32-3)24(34-5)23(15-18)33-4/h6-15H,16H2,1-5H3. The lowest BCUT2D eigenvalue weighted by atomic mass is 10.1. The van der Waals surface area contributed by atoms with Gasteiger partial charge in [-0.15, -0.1) is 10.2 Å². The Bertz CT molecular complexity index is 1250. The number of benzene rings is 3. The molecule has 1 heterocycles. The van der Waals surface area contributed by atoms with E-state index in [0.717, 1.165) is 33.5 Å². The zero-order chi connectivity index (χ0) is 24.8. The largest absolute Gasteiger partial charge is 0.497 e. The molecule has 0 aliphatic carbocycles. The topological polar surface area (TPSA) is 76.9 Å². The molecule has 0 unspecified atom stereocenters. The average Bonchev–Trinajstić information content (AvgIpc) is 3.35. The van der Waals surface area contributed by atoms with Gasteiger partial charge in [0.25, 0.3) is 0 Å². The van der Waals surface area contributed by atoms with Crippen molar-refractivity contribution in [3.05, 3.63) is 66.2 Å². The summed E-state index contributed by atoms with van der Waals surface area (Å²) in [7, 11) is 8.06. The lowest BCUT2D eigenvalue weighted by Gasteiger charge is -2.15. The number of hydrogen-bond acceptors (Lipinski definition) is 8. The van der Waals surface area contributed by atoms with E-state index in [9.17, 15) is 0 Å². The summed E-state index contributed by atoms with van der Waals surface area (Å²) in [5.74, 6) is 4.55. The van der Waals surface area contributed by atoms with Crippen molar-refractivity contribution in [3.63, 3.8) is 0 Å². The lowest BCUT2D eigenvalue weighted by Crippen LogP contribution is -2.01. The summed E-state index contributed by atoms with van der Waals surface area (Å²) in [5, 5.41) is 9.81. The molecule has 182 valence electrons. The molecule has 4 rings (SSSR count). The molecule has 1 aromatic heterocycles. The summed E-state index contributed by atoms with van der Waals surface area (Å²) < 4.78 is 29.2. The van der Waals surface area contributed by atoms with Gasteiger partial charge >= 0.3 is 0 Å². The van der Waals surface area contributed by atoms with Gasteiger partial charge in [0.05, 0.1) is 35.5 Å². The van der Waals surface area contributed by atoms with Crippen LogP contribution in [0.4, 0.5) is 0 Å². The van der Waals surface area contributed by atoms with E-state index >= 15 is 0 Å². The molecular formula is C26H27N3O5S. The molecule has 4 aromatic rings. The monoisotopic (exact) mass is 493 g/mol. The highest BCUT2D eigenvalue weighted by Crippen LogP contribution is 2.42. The SMILES string of the molecule is COc1ccc(CSc2nnc(-c3cc(OC)c(OC)c(OC)c3)n2-c2ccc(OC)cc2)cc1. The molecule has 0 saturated heterocycles. The van der Waals surface area contributed by atoms with Gasteiger partial charge in [-0.3, -0.25) is 4.57 Å². The third kappa shape index (κ3) is 5.14. The number of nitrogens with zero attached hydrogens (tertiary/aromatic N) is 3. The summed E-state index contributed by atoms with van der Waals surface area (Å²) in [5.41, 5.74) is 2.82. The molecule has 35 heavy (non-hydrogen) atoms. The van der Waals surface area contributed by atoms with Crippen LogP contribution in [0, 0.1) is 0 Å². The number of rotatable bonds is 10. The van der Waals surface area contributed by atoms with Crippen LogP contribution < -0.4 is 23.7 Å². The number of aromatic nitrogens is 3. The van der Waals surface area contributed by atoms with Crippen molar-refractivity contribution >= 4 is 11.8 Å². The minimum atomic E-state index is 0.517. The van der Waals surface area contributed by atoms with Gasteiger partial charge < -0.3 is 23.7 Å². The van der Waals surface area contributed by atoms with E-state index in [-0.39, 0.29) is 0 Å². The first-order valence-electron chi connectivity index (χ1n) is 10.8. The van der Waals surface area contributed by atoms with E-state index in [0.29, 0.717) is 28.8 Å². The van der Waals surface area contributed by atoms with Crippen LogP contribution in [0.25, 0.3) is 17.1 Å². The van der Waals surface area contributed by atoms with Gasteiger partial charge in [-0.1, -0.05) is 23.9 Å². The third-order valence-corrected chi connectivity index (χ3v) is 6.41. The highest BCUT2D eigenvalue weighted by Gasteiger charge is 2.21. The Morgan fingerprint density at radius 3 is 1.77 bits per heavy atom. The smallest absolute Gasteiger partial charge is 0.203 e. The predicted molar refractivity (Wildman–Crippen MR) is 136 cm³/mol. The van der Waals surface area contributed by atoms with Crippen molar-refractivity contribution in [2.45, 2.75) is 10.9 Å². The van der Waals surface area contributed by atoms with Crippen LogP contribution in [0.2, 0.25) is 0 Å². The molecule has 0 saturated carbocycles. The van der Waals surface area contributed by atoms with Crippen LogP contribution in [0.3, 0.4) is 0 Å². The zero-order valence-electron chi connectivity index (χ0n) is 20.3. The van der Waals surface area contributed by atoms with Crippen LogP contribution >= 0.6 is 11.8 Å². The van der Waals surface area contributed by atoms with Crippen molar-refractivity contribution in [3.8, 4) is 45.8 Å². The third-order valence-electron chi connectivity index (χ3n) is 5.41. The molecule has 0 bridgehead atoms. The molecular weight excluding hydrogens is 466 g/mol. The normalized spacial score (nSPS) is 10.7. The number of ether oxygens (including phenoxy) is 5. The fraction of sp³-hybridized carbons (Fsp3) is 0.231. The first kappa shape index (κ1) is 24.3. The Balaban J connectivity index is 1.78. The van der Waals surface area contributed by atoms with Gasteiger partial charge in [0.2, 0.25) is 5.75 Å². The van der Waals surface area contributed by atoms with E-state index in [1.54, 1.807) is 47.3 Å². The Morgan fingerprint density at radius 1 is 0.686 bits per heavy atom. The summed E-state index contributed by atoms with van der Waals surface area (Å²) in [6, 6.07) is 19.5. The molecule has 0 aliphatic rings. The maximum absolute atomic E-state index is 5.55. The van der Waals surface area contributed by atoms with E-state index < -0.39 is 0 Å². The predicted octanol–water partition coefficient (Wildman–Crippen LogP) is 5.27. The van der Waals surface area contributed by atoms with Crippen molar-refractivity contribution in [1.29, 1.82) is 0 Å². The molecule has 0 radical (unpaired) electrons. The Hall–Kier alpha value is -3.85. The number of thioether (sulfide) groups is 1. The minimum Gasteiger partial charge on any atom is -0.497 e. The molecule has 0 fully saturated rings. The summed E-state index contributed by atoms with van der Waals surface area (Å²) in [4.78, 5) is 0. The average molecular weight is 494 g/mol. The van der Waals surface area contributed by atoms with Gasteiger partial charge in [-0.2, -0.15) is 0 Å². The zero-order valence-corrected chi connectivity index (χ0v) is 21.1. The number of methoxy groups -OCH3 is 5. The maximum Gasteiger partial charge on any atom is 0.203 e. The Morgan fingerprint density at radius 2 is 1.26 bits per heavy atom. The molecule has 3 aromatic carbocycles. The van der Waals surface area contributed by atoms with Gasteiger partial charge in [0.1, 0.15) is 11.5 Å². The van der Waals surface area contributed by atoms with Crippen molar-refractivity contribution in [2.24, 2.45) is 0 Å². The molecule has 8 nitrogen and oxygen atoms in total. The molecule has 0 aliphatic heterocycles. The van der Waals surface area contributed by atoms with Gasteiger partial charge in [-0.25, -0.2) is 0 Å². The molecule has 9 heteroatoms. The molecule has 0 amide bonds. The first-order chi connectivity index (χ1) is 17.1. The maximum atomic E-state index is 5.55. The van der Waals surface area contributed by atoms with Gasteiger partial charge in [-0.05, 0) is 54.1 Å². The second kappa shape index (κ2) is 11.1. The second-order valence-electron chi connectivity index (χ2n) is 7.39. The molecule has 0 atom stereocenters. The highest BCUT2D eigenvalue weighted by atomic mass is 32.2. The molecule has 0 spiro atoms. The molecule has 0 N–H and O–H groups in total. The van der Waals surface area contributed by atoms with E-state index in [4.69, 9.17) is 23.7 Å². The van der Waals surface area contributed by atoms with Crippen LogP contribution in [-0.4, -0.2) is 50.3 Å². The van der Waals surface area contributed by atoms with Crippen LogP contribution in [0.5, 0.6) is 28.7 Å². The van der Waals surface area contributed by atoms with Crippen molar-refractivity contribution in [1.82, 2.24) is 14.8 Å². The van der Waals surface area contributed by atoms with Crippen molar-refractivity contribution in [2.75, 3.05) is 35.5 Å². The lowest BCUT2D eigenvalue weighted by molar-refractivity contribution is 0.324. The quantitative estimate of drug-likeness (QED) is 0.277. The van der Waals surface area contributed by atoms with Crippen LogP contribution in [0.15, 0.2) is 65.8 Å². The first-order valence-corrected chi connectivity index (χ1v) is 11.8. The van der Waals surface area contributed by atoms with Crippen LogP contribution in [0.1, 0.15) is 5.56 Å². The highest BCUT2D eigenvalue weighted by molar-refractivity contribution is 7.98. The Labute approximate surface area is 208 Å². The minimum absolute atomic E-state index is 0.517. The Kier molecular flexibility index (Phi) is 7.67.